The number of nitrogens with one attached hydrogen (secondary N) is 1. The molecule has 1 atom stereocenters. The van der Waals surface area contributed by atoms with E-state index in [4.69, 9.17) is 14.2 Å². The molecule has 0 fully saturated rings. The Morgan fingerprint density at radius 1 is 0.889 bits per heavy atom. The van der Waals surface area contributed by atoms with Crippen molar-refractivity contribution in [3.8, 4) is 17.2 Å². The van der Waals surface area contributed by atoms with Gasteiger partial charge in [0.2, 0.25) is 10.0 Å². The molecule has 0 aliphatic heterocycles. The van der Waals surface area contributed by atoms with Gasteiger partial charge in [0.05, 0.1) is 26.2 Å². The third-order valence-electron chi connectivity index (χ3n) is 4.19. The lowest BCUT2D eigenvalue weighted by atomic mass is 9.98. The molecule has 0 aromatic heterocycles. The van der Waals surface area contributed by atoms with Crippen molar-refractivity contribution in [2.45, 2.75) is 31.2 Å². The van der Waals surface area contributed by atoms with Crippen LogP contribution >= 0.6 is 0 Å². The summed E-state index contributed by atoms with van der Waals surface area (Å²) in [5.74, 6) is 1.88. The van der Waals surface area contributed by atoms with Gasteiger partial charge in [0, 0.05) is 12.1 Å². The van der Waals surface area contributed by atoms with Gasteiger partial charge in [0.25, 0.3) is 0 Å². The monoisotopic (exact) mass is 393 g/mol. The van der Waals surface area contributed by atoms with E-state index >= 15 is 0 Å². The molecule has 0 bridgehead atoms. The van der Waals surface area contributed by atoms with Crippen molar-refractivity contribution in [3.63, 3.8) is 0 Å². The van der Waals surface area contributed by atoms with Crippen LogP contribution in [0.3, 0.4) is 0 Å². The molecule has 6 nitrogen and oxygen atoms in total. The highest BCUT2D eigenvalue weighted by molar-refractivity contribution is 7.89. The molecule has 2 rings (SSSR count). The normalized spacial score (nSPS) is 12.7. The van der Waals surface area contributed by atoms with E-state index in [2.05, 4.69) is 18.6 Å². The molecule has 0 radical (unpaired) electrons. The summed E-state index contributed by atoms with van der Waals surface area (Å²) in [4.78, 5) is 0.127. The molecule has 0 saturated heterocycles. The Balaban J connectivity index is 2.34. The topological polar surface area (TPSA) is 73.9 Å². The van der Waals surface area contributed by atoms with Gasteiger partial charge in [0.15, 0.2) is 11.5 Å². The Kier molecular flexibility index (Phi) is 7.10. The largest absolute Gasteiger partial charge is 0.497 e. The highest BCUT2D eigenvalue weighted by atomic mass is 32.2. The SMILES string of the molecule is COc1ccc([C@H](CC(C)C)NS(=O)(=O)c2ccc(OC)c(OC)c2)cc1. The van der Waals surface area contributed by atoms with Crippen molar-refractivity contribution in [3.05, 3.63) is 48.0 Å². The summed E-state index contributed by atoms with van der Waals surface area (Å²) in [6.45, 7) is 4.11. The molecule has 7 heteroatoms. The first-order chi connectivity index (χ1) is 12.8. The van der Waals surface area contributed by atoms with E-state index < -0.39 is 10.0 Å². The van der Waals surface area contributed by atoms with E-state index in [1.807, 2.05) is 24.3 Å². The van der Waals surface area contributed by atoms with Gasteiger partial charge in [-0.15, -0.1) is 0 Å². The number of hydrogen-bond acceptors (Lipinski definition) is 5. The Labute approximate surface area is 161 Å². The standard InChI is InChI=1S/C20H27NO5S/c1-14(2)12-18(15-6-8-16(24-3)9-7-15)21-27(22,23)17-10-11-19(25-4)20(13-17)26-5/h6-11,13-14,18,21H,12H2,1-5H3/t18-/m0/s1. The molecule has 0 saturated carbocycles. The Hall–Kier alpha value is -2.25. The Bertz CT molecular complexity index is 847. The zero-order chi connectivity index (χ0) is 20.0. The fourth-order valence-corrected chi connectivity index (χ4v) is 4.05. The number of sulfonamides is 1. The van der Waals surface area contributed by atoms with Crippen LogP contribution in [-0.4, -0.2) is 29.7 Å². The van der Waals surface area contributed by atoms with Crippen LogP contribution in [-0.2, 0) is 10.0 Å². The van der Waals surface area contributed by atoms with Crippen molar-refractivity contribution in [2.75, 3.05) is 21.3 Å². The van der Waals surface area contributed by atoms with Gasteiger partial charge in [0.1, 0.15) is 5.75 Å². The second-order valence-corrected chi connectivity index (χ2v) is 8.31. The summed E-state index contributed by atoms with van der Waals surface area (Å²) in [5, 5.41) is 0. The highest BCUT2D eigenvalue weighted by Gasteiger charge is 2.23. The molecule has 0 unspecified atom stereocenters. The second-order valence-electron chi connectivity index (χ2n) is 6.59. The number of benzene rings is 2. The first-order valence-corrected chi connectivity index (χ1v) is 10.2. The number of methoxy groups -OCH3 is 3. The molecule has 0 aliphatic rings. The molecule has 148 valence electrons. The molecule has 27 heavy (non-hydrogen) atoms. The van der Waals surface area contributed by atoms with E-state index in [1.54, 1.807) is 13.2 Å². The predicted octanol–water partition coefficient (Wildman–Crippen LogP) is 3.78. The molecule has 2 aromatic rings. The lowest BCUT2D eigenvalue weighted by molar-refractivity contribution is 0.354. The van der Waals surface area contributed by atoms with E-state index in [1.165, 1.54) is 26.4 Å². The summed E-state index contributed by atoms with van der Waals surface area (Å²) in [6, 6.07) is 11.6. The molecule has 0 heterocycles. The average Bonchev–Trinajstić information content (AvgIpc) is 2.66. The first-order valence-electron chi connectivity index (χ1n) is 8.69. The fraction of sp³-hybridized carbons (Fsp3) is 0.400. The average molecular weight is 394 g/mol. The number of ether oxygens (including phenoxy) is 3. The fourth-order valence-electron chi connectivity index (χ4n) is 2.80. The zero-order valence-electron chi connectivity index (χ0n) is 16.4. The van der Waals surface area contributed by atoms with E-state index in [0.29, 0.717) is 23.8 Å². The Morgan fingerprint density at radius 3 is 2.04 bits per heavy atom. The van der Waals surface area contributed by atoms with Crippen molar-refractivity contribution >= 4 is 10.0 Å². The highest BCUT2D eigenvalue weighted by Crippen LogP contribution is 2.31. The summed E-state index contributed by atoms with van der Waals surface area (Å²) < 4.78 is 44.3. The molecule has 1 N–H and O–H groups in total. The second kappa shape index (κ2) is 9.10. The summed E-state index contributed by atoms with van der Waals surface area (Å²) in [6.07, 6.45) is 0.666. The first kappa shape index (κ1) is 21.1. The lowest BCUT2D eigenvalue weighted by Gasteiger charge is -2.22. The van der Waals surface area contributed by atoms with Crippen molar-refractivity contribution in [2.24, 2.45) is 5.92 Å². The van der Waals surface area contributed by atoms with Gasteiger partial charge in [-0.1, -0.05) is 26.0 Å². The van der Waals surface area contributed by atoms with Gasteiger partial charge in [-0.05, 0) is 42.2 Å². The van der Waals surface area contributed by atoms with Gasteiger partial charge >= 0.3 is 0 Å². The van der Waals surface area contributed by atoms with E-state index in [9.17, 15) is 8.42 Å². The third-order valence-corrected chi connectivity index (χ3v) is 5.66. The third kappa shape index (κ3) is 5.37. The summed E-state index contributed by atoms with van der Waals surface area (Å²) >= 11 is 0. The van der Waals surface area contributed by atoms with Crippen LogP contribution in [0, 0.1) is 5.92 Å². The minimum atomic E-state index is -3.74. The maximum atomic E-state index is 13.0. The van der Waals surface area contributed by atoms with Crippen LogP contribution in [0.1, 0.15) is 31.9 Å². The zero-order valence-corrected chi connectivity index (χ0v) is 17.2. The summed E-state index contributed by atoms with van der Waals surface area (Å²) in [5.41, 5.74) is 0.883. The van der Waals surface area contributed by atoms with Crippen LogP contribution in [0.25, 0.3) is 0 Å². The van der Waals surface area contributed by atoms with Gasteiger partial charge in [-0.3, -0.25) is 0 Å². The van der Waals surface area contributed by atoms with Crippen LogP contribution in [0.5, 0.6) is 17.2 Å². The van der Waals surface area contributed by atoms with E-state index in [-0.39, 0.29) is 10.9 Å². The molecular weight excluding hydrogens is 366 g/mol. The molecular formula is C20H27NO5S. The minimum Gasteiger partial charge on any atom is -0.497 e. The van der Waals surface area contributed by atoms with Gasteiger partial charge in [-0.25, -0.2) is 13.1 Å². The maximum absolute atomic E-state index is 13.0. The minimum absolute atomic E-state index is 0.127. The lowest BCUT2D eigenvalue weighted by Crippen LogP contribution is -2.29. The summed E-state index contributed by atoms with van der Waals surface area (Å²) in [7, 11) is 0.834. The van der Waals surface area contributed by atoms with Crippen molar-refractivity contribution in [1.82, 2.24) is 4.72 Å². The van der Waals surface area contributed by atoms with Crippen molar-refractivity contribution in [1.29, 1.82) is 0 Å². The van der Waals surface area contributed by atoms with Crippen LogP contribution in [0.15, 0.2) is 47.4 Å². The van der Waals surface area contributed by atoms with Crippen molar-refractivity contribution < 1.29 is 22.6 Å². The van der Waals surface area contributed by atoms with E-state index in [0.717, 1.165) is 11.3 Å². The number of rotatable bonds is 9. The van der Waals surface area contributed by atoms with Crippen LogP contribution < -0.4 is 18.9 Å². The predicted molar refractivity (Wildman–Crippen MR) is 105 cm³/mol. The maximum Gasteiger partial charge on any atom is 0.241 e. The molecule has 0 amide bonds. The molecule has 0 spiro atoms. The Morgan fingerprint density at radius 2 is 1.52 bits per heavy atom. The molecule has 0 aliphatic carbocycles. The molecule has 2 aromatic carbocycles. The van der Waals surface area contributed by atoms with Gasteiger partial charge < -0.3 is 14.2 Å². The van der Waals surface area contributed by atoms with Gasteiger partial charge in [-0.2, -0.15) is 0 Å². The quantitative estimate of drug-likeness (QED) is 0.702. The smallest absolute Gasteiger partial charge is 0.241 e. The number of hydrogen-bond donors (Lipinski definition) is 1. The van der Waals surface area contributed by atoms with Crippen LogP contribution in [0.4, 0.5) is 0 Å². The van der Waals surface area contributed by atoms with Crippen LogP contribution in [0.2, 0.25) is 0 Å².